The molecular weight excluding hydrogens is 512 g/mol. The predicted molar refractivity (Wildman–Crippen MR) is 144 cm³/mol. The van der Waals surface area contributed by atoms with Gasteiger partial charge in [-0.3, -0.25) is 14.4 Å². The minimum absolute atomic E-state index is 0.0897. The number of carbonyl (C=O) groups is 4. The summed E-state index contributed by atoms with van der Waals surface area (Å²) in [6.07, 6.45) is 0.905. The molecule has 1 fully saturated rings. The minimum Gasteiger partial charge on any atom is -0.496 e. The molecule has 3 unspecified atom stereocenters. The first-order valence-corrected chi connectivity index (χ1v) is 12.9. The summed E-state index contributed by atoms with van der Waals surface area (Å²) in [5.74, 6) is -1.83. The third-order valence-corrected chi connectivity index (χ3v) is 6.70. The average Bonchev–Trinajstić information content (AvgIpc) is 3.35. The fourth-order valence-corrected chi connectivity index (χ4v) is 5.03. The molecule has 1 aromatic heterocycles. The molecule has 0 spiro atoms. The van der Waals surface area contributed by atoms with Crippen molar-refractivity contribution in [2.24, 2.45) is 11.3 Å². The van der Waals surface area contributed by atoms with Gasteiger partial charge >= 0.3 is 5.97 Å². The lowest BCUT2D eigenvalue weighted by Crippen LogP contribution is -2.53. The van der Waals surface area contributed by atoms with Gasteiger partial charge in [-0.2, -0.15) is 0 Å². The second-order valence-corrected chi connectivity index (χ2v) is 12.1. The molecule has 3 amide bonds. The normalized spacial score (nSPS) is 18.4. The van der Waals surface area contributed by atoms with Crippen LogP contribution in [-0.2, 0) is 19.1 Å². The van der Waals surface area contributed by atoms with Crippen LogP contribution in [0.25, 0.3) is 10.9 Å². The van der Waals surface area contributed by atoms with Crippen molar-refractivity contribution in [3.05, 3.63) is 28.9 Å². The number of fused-ring (bicyclic) bond motifs is 1. The number of halogens is 1. The number of ether oxygens (including phenoxy) is 2. The molecule has 3 rings (SSSR count). The molecule has 1 aliphatic rings. The second-order valence-electron chi connectivity index (χ2n) is 11.6. The molecule has 3 atom stereocenters. The Morgan fingerprint density at radius 3 is 2.37 bits per heavy atom. The van der Waals surface area contributed by atoms with Crippen LogP contribution in [0.2, 0.25) is 5.02 Å². The van der Waals surface area contributed by atoms with Gasteiger partial charge in [0.05, 0.1) is 19.7 Å². The molecule has 0 radical (unpaired) electrons. The second kappa shape index (κ2) is 11.2. The first kappa shape index (κ1) is 29.3. The molecule has 2 aromatic rings. The van der Waals surface area contributed by atoms with E-state index in [1.54, 1.807) is 18.2 Å². The Hall–Kier alpha value is -3.27. The highest BCUT2D eigenvalue weighted by Gasteiger charge is 2.40. The Morgan fingerprint density at radius 2 is 1.82 bits per heavy atom. The number of methoxy groups -OCH3 is 2. The van der Waals surface area contributed by atoms with Crippen LogP contribution < -0.4 is 20.7 Å². The van der Waals surface area contributed by atoms with Crippen molar-refractivity contribution >= 4 is 46.2 Å². The van der Waals surface area contributed by atoms with Crippen LogP contribution in [0.15, 0.2) is 18.2 Å². The van der Waals surface area contributed by atoms with E-state index in [2.05, 4.69) is 20.9 Å². The van der Waals surface area contributed by atoms with Crippen molar-refractivity contribution in [2.45, 2.75) is 71.5 Å². The van der Waals surface area contributed by atoms with E-state index in [4.69, 9.17) is 21.1 Å². The molecule has 11 heteroatoms. The summed E-state index contributed by atoms with van der Waals surface area (Å²) in [6.45, 7) is 9.63. The van der Waals surface area contributed by atoms with E-state index in [9.17, 15) is 19.2 Å². The number of nitrogens with one attached hydrogen (secondary N) is 4. The number of rotatable bonds is 9. The molecule has 4 N–H and O–H groups in total. The molecule has 1 aliphatic heterocycles. The van der Waals surface area contributed by atoms with Crippen molar-refractivity contribution < 1.29 is 28.7 Å². The quantitative estimate of drug-likeness (QED) is 0.355. The van der Waals surface area contributed by atoms with Gasteiger partial charge < -0.3 is 30.4 Å². The zero-order valence-electron chi connectivity index (χ0n) is 22.9. The van der Waals surface area contributed by atoms with Gasteiger partial charge in [-0.25, -0.2) is 4.79 Å². The van der Waals surface area contributed by atoms with Crippen molar-refractivity contribution in [2.75, 3.05) is 14.2 Å². The lowest BCUT2D eigenvalue weighted by atomic mass is 9.87. The highest BCUT2D eigenvalue weighted by molar-refractivity contribution is 6.31. The third kappa shape index (κ3) is 7.18. The Bertz CT molecular complexity index is 1230. The van der Waals surface area contributed by atoms with Gasteiger partial charge in [0.1, 0.15) is 23.5 Å². The molecule has 0 aliphatic carbocycles. The molecule has 208 valence electrons. The Morgan fingerprint density at radius 1 is 1.13 bits per heavy atom. The molecule has 1 aromatic carbocycles. The molecule has 0 bridgehead atoms. The number of H-pyrrole nitrogens is 1. The number of amides is 3. The van der Waals surface area contributed by atoms with E-state index in [0.29, 0.717) is 34.5 Å². The van der Waals surface area contributed by atoms with Gasteiger partial charge in [-0.1, -0.05) is 32.4 Å². The maximum Gasteiger partial charge on any atom is 0.328 e. The molecular formula is C27H37ClN4O6. The van der Waals surface area contributed by atoms with Crippen molar-refractivity contribution in [1.29, 1.82) is 0 Å². The highest BCUT2D eigenvalue weighted by Crippen LogP contribution is 2.31. The summed E-state index contributed by atoms with van der Waals surface area (Å²) in [5, 5.41) is 9.52. The van der Waals surface area contributed by atoms with Gasteiger partial charge in [-0.15, -0.1) is 0 Å². The fourth-order valence-electron chi connectivity index (χ4n) is 4.82. The molecule has 2 heterocycles. The SMILES string of the molecule is COC(=O)C(CC1CC(C)(C)NC1=O)NC(=O)C(CC(C)(C)C)NC(=O)c1cc2c(OC)cc(Cl)cc2[nH]1. The zero-order valence-corrected chi connectivity index (χ0v) is 23.7. The monoisotopic (exact) mass is 548 g/mol. The highest BCUT2D eigenvalue weighted by atomic mass is 35.5. The van der Waals surface area contributed by atoms with Gasteiger partial charge in [0.25, 0.3) is 5.91 Å². The largest absolute Gasteiger partial charge is 0.496 e. The van der Waals surface area contributed by atoms with E-state index in [1.165, 1.54) is 14.2 Å². The zero-order chi connectivity index (χ0) is 28.4. The third-order valence-electron chi connectivity index (χ3n) is 6.48. The topological polar surface area (TPSA) is 139 Å². The van der Waals surface area contributed by atoms with Crippen LogP contribution >= 0.6 is 11.6 Å². The number of esters is 1. The van der Waals surface area contributed by atoms with Crippen LogP contribution in [0.4, 0.5) is 0 Å². The van der Waals surface area contributed by atoms with Crippen LogP contribution in [0.3, 0.4) is 0 Å². The fraction of sp³-hybridized carbons (Fsp3) is 0.556. The number of benzene rings is 1. The van der Waals surface area contributed by atoms with Gasteiger partial charge in [0.15, 0.2) is 0 Å². The number of carbonyl (C=O) groups excluding carboxylic acids is 4. The predicted octanol–water partition coefficient (Wildman–Crippen LogP) is 3.33. The van der Waals surface area contributed by atoms with Crippen LogP contribution in [0.1, 0.15) is 64.4 Å². The van der Waals surface area contributed by atoms with E-state index < -0.39 is 41.3 Å². The molecule has 1 saturated heterocycles. The van der Waals surface area contributed by atoms with E-state index in [0.717, 1.165) is 0 Å². The summed E-state index contributed by atoms with van der Waals surface area (Å²) >= 11 is 6.15. The van der Waals surface area contributed by atoms with Crippen LogP contribution in [-0.4, -0.2) is 60.5 Å². The summed E-state index contributed by atoms with van der Waals surface area (Å²) < 4.78 is 10.3. The first-order chi connectivity index (χ1) is 17.6. The standard InChI is InChI=1S/C27H37ClN4O6/c1-26(2,3)13-20(31-23(34)18-11-16-17(29-18)9-15(28)10-21(16)37-6)24(35)30-19(25(36)38-7)8-14-12-27(4,5)32-22(14)33/h9-11,14,19-20,29H,8,12-13H2,1-7H3,(H,30,35)(H,31,34)(H,32,33). The van der Waals surface area contributed by atoms with Crippen LogP contribution in [0.5, 0.6) is 5.75 Å². The summed E-state index contributed by atoms with van der Waals surface area (Å²) in [7, 11) is 2.74. The Kier molecular flexibility index (Phi) is 8.65. The molecule has 10 nitrogen and oxygen atoms in total. The van der Waals surface area contributed by atoms with E-state index in [-0.39, 0.29) is 23.4 Å². The molecule has 38 heavy (non-hydrogen) atoms. The average molecular weight is 549 g/mol. The smallest absolute Gasteiger partial charge is 0.328 e. The van der Waals surface area contributed by atoms with Gasteiger partial charge in [0, 0.05) is 21.9 Å². The molecule has 0 saturated carbocycles. The number of hydrogen-bond acceptors (Lipinski definition) is 6. The number of aromatic amines is 1. The Balaban J connectivity index is 1.81. The van der Waals surface area contributed by atoms with Crippen LogP contribution in [0, 0.1) is 11.3 Å². The summed E-state index contributed by atoms with van der Waals surface area (Å²) in [6, 6.07) is 2.95. The Labute approximate surface area is 227 Å². The summed E-state index contributed by atoms with van der Waals surface area (Å²) in [5.41, 5.74) is 0.103. The maximum absolute atomic E-state index is 13.4. The first-order valence-electron chi connectivity index (χ1n) is 12.5. The van der Waals surface area contributed by atoms with E-state index >= 15 is 0 Å². The number of hydrogen-bond donors (Lipinski definition) is 4. The lowest BCUT2D eigenvalue weighted by Gasteiger charge is -2.28. The summed E-state index contributed by atoms with van der Waals surface area (Å²) in [4.78, 5) is 54.7. The van der Waals surface area contributed by atoms with Crippen molar-refractivity contribution in [3.63, 3.8) is 0 Å². The minimum atomic E-state index is -1.05. The van der Waals surface area contributed by atoms with E-state index in [1.807, 2.05) is 34.6 Å². The maximum atomic E-state index is 13.4. The van der Waals surface area contributed by atoms with Crippen molar-refractivity contribution in [1.82, 2.24) is 20.9 Å². The van der Waals surface area contributed by atoms with Crippen molar-refractivity contribution in [3.8, 4) is 5.75 Å². The lowest BCUT2D eigenvalue weighted by molar-refractivity contribution is -0.146. The van der Waals surface area contributed by atoms with Gasteiger partial charge in [-0.05, 0) is 56.7 Å². The van der Waals surface area contributed by atoms with Gasteiger partial charge in [0.2, 0.25) is 11.8 Å². The number of aromatic nitrogens is 1.